The van der Waals surface area contributed by atoms with Crippen molar-refractivity contribution in [1.82, 2.24) is 9.47 Å². The Morgan fingerprint density at radius 3 is 2.37 bits per heavy atom. The number of rotatable bonds is 6. The fraction of sp³-hybridized carbons (Fsp3) is 0.667. The number of hydrogen-bond acceptors (Lipinski definition) is 3. The first kappa shape index (κ1) is 15.8. The molecule has 0 radical (unpaired) electrons. The van der Waals surface area contributed by atoms with E-state index in [4.69, 9.17) is 0 Å². The van der Waals surface area contributed by atoms with Gasteiger partial charge in [0.25, 0.3) is 0 Å². The lowest BCUT2D eigenvalue weighted by Crippen LogP contribution is -2.28. The molecule has 0 aliphatic heterocycles. The zero-order chi connectivity index (χ0) is 14.6. The van der Waals surface area contributed by atoms with Crippen molar-refractivity contribution >= 4 is 0 Å². The van der Waals surface area contributed by atoms with Crippen LogP contribution in [0.1, 0.15) is 51.5 Å². The zero-order valence-electron chi connectivity index (χ0n) is 12.7. The third-order valence-corrected chi connectivity index (χ3v) is 3.82. The second kappa shape index (κ2) is 6.75. The van der Waals surface area contributed by atoms with Crippen molar-refractivity contribution in [2.75, 3.05) is 13.1 Å². The third-order valence-electron chi connectivity index (χ3n) is 3.82. The van der Waals surface area contributed by atoms with Crippen molar-refractivity contribution in [2.24, 2.45) is 0 Å². The molecular weight excluding hydrogens is 240 g/mol. The quantitative estimate of drug-likeness (QED) is 0.861. The Labute approximate surface area is 115 Å². The number of aromatic nitrogens is 1. The highest BCUT2D eigenvalue weighted by Crippen LogP contribution is 2.23. The Kier molecular flexibility index (Phi) is 5.60. The molecule has 0 amide bonds. The van der Waals surface area contributed by atoms with E-state index >= 15 is 0 Å². The number of hydrogen-bond donors (Lipinski definition) is 1. The summed E-state index contributed by atoms with van der Waals surface area (Å²) in [6, 6.07) is 1.80. The normalized spacial score (nSPS) is 12.9. The van der Waals surface area contributed by atoms with Crippen molar-refractivity contribution in [3.63, 3.8) is 0 Å². The summed E-state index contributed by atoms with van der Waals surface area (Å²) in [4.78, 5) is 14.0. The Hall–Kier alpha value is -1.29. The summed E-state index contributed by atoms with van der Waals surface area (Å²) in [6.07, 6.45) is 0.967. The van der Waals surface area contributed by atoms with Crippen LogP contribution in [-0.4, -0.2) is 27.7 Å². The van der Waals surface area contributed by atoms with Gasteiger partial charge in [0.15, 0.2) is 5.75 Å². The Bertz CT molecular complexity index is 476. The molecule has 1 rings (SSSR count). The molecule has 1 N–H and O–H groups in total. The Morgan fingerprint density at radius 2 is 1.89 bits per heavy atom. The van der Waals surface area contributed by atoms with E-state index in [1.54, 1.807) is 0 Å². The third kappa shape index (κ3) is 3.38. The molecule has 0 aromatic carbocycles. The highest BCUT2D eigenvalue weighted by atomic mass is 16.3. The fourth-order valence-corrected chi connectivity index (χ4v) is 2.40. The van der Waals surface area contributed by atoms with Crippen LogP contribution in [0.4, 0.5) is 0 Å². The summed E-state index contributed by atoms with van der Waals surface area (Å²) < 4.78 is 2.09. The highest BCUT2D eigenvalue weighted by Gasteiger charge is 2.17. The molecule has 19 heavy (non-hydrogen) atoms. The van der Waals surface area contributed by atoms with Crippen LogP contribution in [0.5, 0.6) is 5.75 Å². The molecule has 1 atom stereocenters. The van der Waals surface area contributed by atoms with Crippen LogP contribution in [0.15, 0.2) is 10.9 Å². The topological polar surface area (TPSA) is 45.5 Å². The molecule has 1 heterocycles. The fourth-order valence-electron chi connectivity index (χ4n) is 2.40. The van der Waals surface area contributed by atoms with E-state index in [-0.39, 0.29) is 17.2 Å². The second-order valence-electron chi connectivity index (χ2n) is 5.03. The molecule has 1 aromatic rings. The van der Waals surface area contributed by atoms with Crippen LogP contribution < -0.4 is 5.43 Å². The van der Waals surface area contributed by atoms with Crippen molar-refractivity contribution < 1.29 is 5.11 Å². The van der Waals surface area contributed by atoms with E-state index < -0.39 is 0 Å². The molecule has 4 nitrogen and oxygen atoms in total. The van der Waals surface area contributed by atoms with Crippen LogP contribution in [0.2, 0.25) is 0 Å². The van der Waals surface area contributed by atoms with Gasteiger partial charge in [-0.05, 0) is 33.4 Å². The SMILES string of the molecule is CCC(C)n1c(C)cc(=O)c(O)c1CN(CC)CC. The molecule has 1 aromatic heterocycles. The van der Waals surface area contributed by atoms with Gasteiger partial charge < -0.3 is 9.67 Å². The summed E-state index contributed by atoms with van der Waals surface area (Å²) in [5.74, 6) is -0.0993. The molecule has 1 unspecified atom stereocenters. The molecule has 0 saturated heterocycles. The average molecular weight is 266 g/mol. The van der Waals surface area contributed by atoms with E-state index in [0.29, 0.717) is 6.54 Å². The maximum absolute atomic E-state index is 11.8. The first-order valence-corrected chi connectivity index (χ1v) is 7.12. The van der Waals surface area contributed by atoms with Gasteiger partial charge in [-0.15, -0.1) is 0 Å². The van der Waals surface area contributed by atoms with Gasteiger partial charge in [-0.1, -0.05) is 20.8 Å². The first-order chi connectivity index (χ1) is 8.96. The molecule has 0 aliphatic rings. The lowest BCUT2D eigenvalue weighted by atomic mass is 10.1. The van der Waals surface area contributed by atoms with Gasteiger partial charge in [-0.25, -0.2) is 0 Å². The highest BCUT2D eigenvalue weighted by molar-refractivity contribution is 5.30. The summed E-state index contributed by atoms with van der Waals surface area (Å²) in [7, 11) is 0. The molecule has 0 fully saturated rings. The Morgan fingerprint density at radius 1 is 1.32 bits per heavy atom. The maximum atomic E-state index is 11.8. The summed E-state index contributed by atoms with van der Waals surface area (Å²) in [6.45, 7) is 12.7. The van der Waals surface area contributed by atoms with Crippen LogP contribution in [0, 0.1) is 6.92 Å². The van der Waals surface area contributed by atoms with Crippen molar-refractivity contribution in [3.8, 4) is 5.75 Å². The van der Waals surface area contributed by atoms with Gasteiger partial charge in [-0.3, -0.25) is 9.69 Å². The Balaban J connectivity index is 3.36. The molecule has 4 heteroatoms. The van der Waals surface area contributed by atoms with Gasteiger partial charge in [0.1, 0.15) is 0 Å². The van der Waals surface area contributed by atoms with Gasteiger partial charge in [0.2, 0.25) is 5.43 Å². The van der Waals surface area contributed by atoms with Gasteiger partial charge in [0.05, 0.1) is 5.69 Å². The number of aryl methyl sites for hydroxylation is 1. The van der Waals surface area contributed by atoms with E-state index in [1.807, 2.05) is 6.92 Å². The van der Waals surface area contributed by atoms with E-state index in [2.05, 4.69) is 37.2 Å². The van der Waals surface area contributed by atoms with E-state index in [0.717, 1.165) is 30.9 Å². The predicted molar refractivity (Wildman–Crippen MR) is 78.7 cm³/mol. The molecule has 0 saturated carbocycles. The number of aromatic hydroxyl groups is 1. The smallest absolute Gasteiger partial charge is 0.223 e. The van der Waals surface area contributed by atoms with Crippen molar-refractivity contribution in [2.45, 2.75) is 53.6 Å². The summed E-state index contributed by atoms with van der Waals surface area (Å²) >= 11 is 0. The van der Waals surface area contributed by atoms with Crippen LogP contribution >= 0.6 is 0 Å². The van der Waals surface area contributed by atoms with Gasteiger partial charge >= 0.3 is 0 Å². The van der Waals surface area contributed by atoms with Crippen LogP contribution in [-0.2, 0) is 6.54 Å². The molecule has 108 valence electrons. The van der Waals surface area contributed by atoms with Crippen molar-refractivity contribution in [1.29, 1.82) is 0 Å². The molecule has 0 bridgehead atoms. The predicted octanol–water partition coefficient (Wildman–Crippen LogP) is 2.68. The molecular formula is C15H26N2O2. The zero-order valence-corrected chi connectivity index (χ0v) is 12.7. The summed E-state index contributed by atoms with van der Waals surface area (Å²) in [5.41, 5.74) is 1.38. The minimum atomic E-state index is -0.279. The van der Waals surface area contributed by atoms with Crippen LogP contribution in [0.3, 0.4) is 0 Å². The number of pyridine rings is 1. The number of nitrogens with zero attached hydrogens (tertiary/aromatic N) is 2. The van der Waals surface area contributed by atoms with Crippen LogP contribution in [0.25, 0.3) is 0 Å². The average Bonchev–Trinajstić information content (AvgIpc) is 2.40. The minimum absolute atomic E-state index is 0.0993. The van der Waals surface area contributed by atoms with Crippen molar-refractivity contribution in [3.05, 3.63) is 27.7 Å². The standard InChI is InChI=1S/C15H26N2O2/c1-6-11(4)17-12(5)9-14(18)15(19)13(17)10-16(7-2)8-3/h9,11,19H,6-8,10H2,1-5H3. The lowest BCUT2D eigenvalue weighted by Gasteiger charge is -2.26. The largest absolute Gasteiger partial charge is 0.503 e. The van der Waals surface area contributed by atoms with Gasteiger partial charge in [0, 0.05) is 24.3 Å². The molecule has 0 spiro atoms. The minimum Gasteiger partial charge on any atom is -0.503 e. The first-order valence-electron chi connectivity index (χ1n) is 7.12. The lowest BCUT2D eigenvalue weighted by molar-refractivity contribution is 0.274. The summed E-state index contributed by atoms with van der Waals surface area (Å²) in [5, 5.41) is 10.1. The van der Waals surface area contributed by atoms with E-state index in [1.165, 1.54) is 6.07 Å². The maximum Gasteiger partial charge on any atom is 0.223 e. The monoisotopic (exact) mass is 266 g/mol. The molecule has 0 aliphatic carbocycles. The van der Waals surface area contributed by atoms with Gasteiger partial charge in [-0.2, -0.15) is 0 Å². The van der Waals surface area contributed by atoms with E-state index in [9.17, 15) is 9.90 Å². The second-order valence-corrected chi connectivity index (χ2v) is 5.03.